The average molecular weight is 366 g/mol. The van der Waals surface area contributed by atoms with Crippen molar-refractivity contribution in [3.8, 4) is 0 Å². The van der Waals surface area contributed by atoms with Gasteiger partial charge in [0.2, 0.25) is 0 Å². The molecule has 130 valence electrons. The maximum Gasteiger partial charge on any atom is 0.288 e. The van der Waals surface area contributed by atoms with Crippen molar-refractivity contribution in [1.29, 1.82) is 0 Å². The highest BCUT2D eigenvalue weighted by Gasteiger charge is 2.12. The Balaban J connectivity index is 1.89. The summed E-state index contributed by atoms with van der Waals surface area (Å²) in [5.41, 5.74) is 2.51. The zero-order chi connectivity index (χ0) is 18.4. The van der Waals surface area contributed by atoms with Crippen LogP contribution < -0.4 is 5.01 Å². The number of nitro groups is 1. The number of rotatable bonds is 6. The topological polar surface area (TPSA) is 58.7 Å². The molecule has 0 saturated heterocycles. The van der Waals surface area contributed by atoms with Crippen LogP contribution in [-0.4, -0.2) is 11.1 Å². The molecule has 26 heavy (non-hydrogen) atoms. The molecule has 3 rings (SSSR count). The lowest BCUT2D eigenvalue weighted by molar-refractivity contribution is -0.384. The highest BCUT2D eigenvalue weighted by atomic mass is 35.5. The standard InChI is InChI=1S/C20H16ClN3O2/c21-19-12-11-17(13-20(19)24(25)26)14-22-23(18-9-5-2-6-10-18)15-16-7-3-1-4-8-16/h1-14H,15H2. The molecule has 0 amide bonds. The van der Waals surface area contributed by atoms with Crippen LogP contribution in [0.2, 0.25) is 5.02 Å². The third-order valence-electron chi connectivity index (χ3n) is 3.74. The molecule has 0 unspecified atom stereocenters. The third-order valence-corrected chi connectivity index (χ3v) is 4.06. The lowest BCUT2D eigenvalue weighted by Crippen LogP contribution is -2.16. The van der Waals surface area contributed by atoms with Crippen molar-refractivity contribution in [2.75, 3.05) is 5.01 Å². The summed E-state index contributed by atoms with van der Waals surface area (Å²) >= 11 is 5.86. The Hall–Kier alpha value is -3.18. The van der Waals surface area contributed by atoms with Crippen molar-refractivity contribution in [3.63, 3.8) is 0 Å². The summed E-state index contributed by atoms with van der Waals surface area (Å²) in [4.78, 5) is 10.5. The van der Waals surface area contributed by atoms with Gasteiger partial charge < -0.3 is 0 Å². The van der Waals surface area contributed by atoms with Crippen LogP contribution >= 0.6 is 11.6 Å². The lowest BCUT2D eigenvalue weighted by atomic mass is 10.2. The molecule has 3 aromatic carbocycles. The largest absolute Gasteiger partial charge is 0.288 e. The SMILES string of the molecule is O=[N+]([O-])c1cc(C=NN(Cc2ccccc2)c2ccccc2)ccc1Cl. The van der Waals surface area contributed by atoms with Crippen molar-refractivity contribution in [2.45, 2.75) is 6.54 Å². The van der Waals surface area contributed by atoms with Gasteiger partial charge in [-0.1, -0.05) is 66.2 Å². The maximum absolute atomic E-state index is 11.0. The highest BCUT2D eigenvalue weighted by molar-refractivity contribution is 6.32. The molecule has 0 aromatic heterocycles. The summed E-state index contributed by atoms with van der Waals surface area (Å²) in [6.07, 6.45) is 1.60. The Morgan fingerprint density at radius 2 is 1.65 bits per heavy atom. The summed E-state index contributed by atoms with van der Waals surface area (Å²) in [5.74, 6) is 0. The van der Waals surface area contributed by atoms with Gasteiger partial charge in [0.05, 0.1) is 23.4 Å². The quantitative estimate of drug-likeness (QED) is 0.339. The van der Waals surface area contributed by atoms with Gasteiger partial charge in [-0.3, -0.25) is 15.1 Å². The summed E-state index contributed by atoms with van der Waals surface area (Å²) in [6.45, 7) is 0.580. The predicted molar refractivity (Wildman–Crippen MR) is 105 cm³/mol. The number of nitrogens with zero attached hydrogens (tertiary/aromatic N) is 3. The first kappa shape index (κ1) is 17.6. The molecule has 0 heterocycles. The number of anilines is 1. The number of hydrogen-bond acceptors (Lipinski definition) is 4. The first-order valence-electron chi connectivity index (χ1n) is 7.98. The predicted octanol–water partition coefficient (Wildman–Crippen LogP) is 5.29. The van der Waals surface area contributed by atoms with Crippen LogP contribution in [0.4, 0.5) is 11.4 Å². The van der Waals surface area contributed by atoms with Gasteiger partial charge in [-0.2, -0.15) is 5.10 Å². The van der Waals surface area contributed by atoms with Gasteiger partial charge in [0.1, 0.15) is 5.02 Å². The second-order valence-electron chi connectivity index (χ2n) is 5.59. The molecule has 0 bridgehead atoms. The summed E-state index contributed by atoms with van der Waals surface area (Å²) in [7, 11) is 0. The molecule has 0 aliphatic rings. The van der Waals surface area contributed by atoms with E-state index < -0.39 is 4.92 Å². The van der Waals surface area contributed by atoms with E-state index in [1.54, 1.807) is 12.3 Å². The summed E-state index contributed by atoms with van der Waals surface area (Å²) in [5, 5.41) is 17.5. The summed E-state index contributed by atoms with van der Waals surface area (Å²) in [6, 6.07) is 24.3. The first-order chi connectivity index (χ1) is 12.6. The van der Waals surface area contributed by atoms with Crippen LogP contribution in [0.15, 0.2) is 84.0 Å². The monoisotopic (exact) mass is 365 g/mol. The van der Waals surface area contributed by atoms with E-state index in [0.717, 1.165) is 11.3 Å². The fourth-order valence-corrected chi connectivity index (χ4v) is 2.63. The van der Waals surface area contributed by atoms with E-state index in [1.165, 1.54) is 12.1 Å². The third kappa shape index (κ3) is 4.46. The van der Waals surface area contributed by atoms with Crippen LogP contribution in [0.25, 0.3) is 0 Å². The lowest BCUT2D eigenvalue weighted by Gasteiger charge is -2.19. The van der Waals surface area contributed by atoms with Gasteiger partial charge in [-0.15, -0.1) is 0 Å². The minimum atomic E-state index is -0.501. The first-order valence-corrected chi connectivity index (χ1v) is 8.36. The van der Waals surface area contributed by atoms with Crippen molar-refractivity contribution < 1.29 is 4.92 Å². The van der Waals surface area contributed by atoms with Crippen LogP contribution in [0, 0.1) is 10.1 Å². The van der Waals surface area contributed by atoms with Crippen molar-refractivity contribution >= 4 is 29.2 Å². The second kappa shape index (κ2) is 8.27. The molecule has 0 fully saturated rings. The van der Waals surface area contributed by atoms with Gasteiger partial charge in [0, 0.05) is 11.6 Å². The van der Waals surface area contributed by atoms with E-state index in [1.807, 2.05) is 65.7 Å². The molecule has 0 aliphatic carbocycles. The molecule has 0 atom stereocenters. The Morgan fingerprint density at radius 3 is 2.31 bits per heavy atom. The summed E-state index contributed by atoms with van der Waals surface area (Å²) < 4.78 is 0. The van der Waals surface area contributed by atoms with Gasteiger partial charge in [0.15, 0.2) is 0 Å². The molecule has 0 radical (unpaired) electrons. The normalized spacial score (nSPS) is 10.8. The number of hydrogen-bond donors (Lipinski definition) is 0. The molecule has 6 heteroatoms. The Morgan fingerprint density at radius 1 is 1.00 bits per heavy atom. The number of benzene rings is 3. The Labute approximate surface area is 156 Å². The van der Waals surface area contributed by atoms with E-state index >= 15 is 0 Å². The maximum atomic E-state index is 11.0. The van der Waals surface area contributed by atoms with Crippen LogP contribution in [0.5, 0.6) is 0 Å². The van der Waals surface area contributed by atoms with E-state index in [4.69, 9.17) is 11.6 Å². The van der Waals surface area contributed by atoms with Crippen LogP contribution in [-0.2, 0) is 6.54 Å². The average Bonchev–Trinajstić information content (AvgIpc) is 2.67. The van der Waals surface area contributed by atoms with Gasteiger partial charge in [-0.05, 0) is 23.8 Å². The fourth-order valence-electron chi connectivity index (χ4n) is 2.44. The molecule has 0 N–H and O–H groups in total. The van der Waals surface area contributed by atoms with Gasteiger partial charge in [0.25, 0.3) is 5.69 Å². The molecule has 5 nitrogen and oxygen atoms in total. The van der Waals surface area contributed by atoms with E-state index in [-0.39, 0.29) is 10.7 Å². The van der Waals surface area contributed by atoms with Gasteiger partial charge >= 0.3 is 0 Å². The molecular weight excluding hydrogens is 350 g/mol. The van der Waals surface area contributed by atoms with E-state index in [0.29, 0.717) is 12.1 Å². The highest BCUT2D eigenvalue weighted by Crippen LogP contribution is 2.24. The fraction of sp³-hybridized carbons (Fsp3) is 0.0500. The van der Waals surface area contributed by atoms with Crippen molar-refractivity contribution in [2.24, 2.45) is 5.10 Å². The van der Waals surface area contributed by atoms with Crippen molar-refractivity contribution in [1.82, 2.24) is 0 Å². The molecule has 0 saturated carbocycles. The van der Waals surface area contributed by atoms with E-state index in [2.05, 4.69) is 5.10 Å². The van der Waals surface area contributed by atoms with Crippen molar-refractivity contribution in [3.05, 3.63) is 105 Å². The van der Waals surface area contributed by atoms with Crippen LogP contribution in [0.3, 0.4) is 0 Å². The zero-order valence-corrected chi connectivity index (χ0v) is 14.6. The number of para-hydroxylation sites is 1. The number of nitro benzene ring substituents is 1. The molecule has 0 aliphatic heterocycles. The smallest absolute Gasteiger partial charge is 0.261 e. The number of halogens is 1. The molecule has 0 spiro atoms. The Bertz CT molecular complexity index is 915. The second-order valence-corrected chi connectivity index (χ2v) is 6.00. The minimum absolute atomic E-state index is 0.108. The van der Waals surface area contributed by atoms with Crippen LogP contribution in [0.1, 0.15) is 11.1 Å². The van der Waals surface area contributed by atoms with E-state index in [9.17, 15) is 10.1 Å². The minimum Gasteiger partial charge on any atom is -0.261 e. The zero-order valence-electron chi connectivity index (χ0n) is 13.8. The molecule has 3 aromatic rings. The number of hydrazone groups is 1. The Kier molecular flexibility index (Phi) is 5.61. The molecular formula is C20H16ClN3O2. The van der Waals surface area contributed by atoms with Gasteiger partial charge in [-0.25, -0.2) is 0 Å².